The van der Waals surface area contributed by atoms with Gasteiger partial charge in [0.05, 0.1) is 30.6 Å². The summed E-state index contributed by atoms with van der Waals surface area (Å²) in [5, 5.41) is 10.2. The molecule has 37 heavy (non-hydrogen) atoms. The predicted molar refractivity (Wildman–Crippen MR) is 148 cm³/mol. The molecule has 2 unspecified atom stereocenters. The van der Waals surface area contributed by atoms with Crippen molar-refractivity contribution in [1.82, 2.24) is 15.6 Å². The number of carbonyl (C=O) groups is 1. The topological polar surface area (TPSA) is 93.7 Å². The van der Waals surface area contributed by atoms with Crippen LogP contribution < -0.4 is 20.7 Å². The minimum absolute atomic E-state index is 0.0373. The molecule has 1 saturated heterocycles. The summed E-state index contributed by atoms with van der Waals surface area (Å²) in [5.74, 6) is 0.463. The van der Waals surface area contributed by atoms with Gasteiger partial charge in [-0.3, -0.25) is 9.78 Å². The van der Waals surface area contributed by atoms with E-state index in [4.69, 9.17) is 38.0 Å². The second-order valence-electron chi connectivity index (χ2n) is 9.92. The van der Waals surface area contributed by atoms with Gasteiger partial charge in [-0.15, -0.1) is 0 Å². The number of hydrogen-bond donors (Lipinski definition) is 3. The first-order valence-electron chi connectivity index (χ1n) is 12.3. The lowest BCUT2D eigenvalue weighted by atomic mass is 9.97. The van der Waals surface area contributed by atoms with Crippen LogP contribution in [0.4, 0.5) is 5.69 Å². The molecule has 1 fully saturated rings. The summed E-state index contributed by atoms with van der Waals surface area (Å²) in [6.45, 7) is 10.2. The molecule has 1 aromatic carbocycles. The highest BCUT2D eigenvalue weighted by Crippen LogP contribution is 2.26. The highest BCUT2D eigenvalue weighted by Gasteiger charge is 2.30. The zero-order chi connectivity index (χ0) is 26.6. The zero-order valence-corrected chi connectivity index (χ0v) is 23.1. The molecule has 3 N–H and O–H groups in total. The fourth-order valence-electron chi connectivity index (χ4n) is 4.10. The molecule has 2 atom stereocenters. The average molecular weight is 545 g/mol. The van der Waals surface area contributed by atoms with Crippen LogP contribution in [-0.2, 0) is 20.8 Å². The predicted octanol–water partition coefficient (Wildman–Crippen LogP) is 4.17. The number of thiocarbonyl (C=S) groups is 1. The number of nitrogens with one attached hydrogen (secondary N) is 3. The second-order valence-corrected chi connectivity index (χ2v) is 10.7. The van der Waals surface area contributed by atoms with Crippen molar-refractivity contribution in [1.29, 1.82) is 0 Å². The summed E-state index contributed by atoms with van der Waals surface area (Å²) in [5.41, 5.74) is 3.43. The average Bonchev–Trinajstić information content (AvgIpc) is 2.87. The number of carbonyl (C=O) groups excluding carboxylic acids is 1. The number of hydrogen-bond acceptors (Lipinski definition) is 7. The van der Waals surface area contributed by atoms with Crippen molar-refractivity contribution < 1.29 is 19.0 Å². The molecule has 2 aromatic rings. The Kier molecular flexibility index (Phi) is 8.69. The maximum atomic E-state index is 12.9. The molecule has 8 nitrogen and oxygen atoms in total. The molecule has 2 aliphatic heterocycles. The van der Waals surface area contributed by atoms with Crippen molar-refractivity contribution >= 4 is 40.4 Å². The third-order valence-electron chi connectivity index (χ3n) is 6.39. The Hall–Kier alpha value is -2.72. The summed E-state index contributed by atoms with van der Waals surface area (Å²) >= 11 is 11.9. The molecule has 2 aliphatic rings. The Morgan fingerprint density at radius 3 is 2.92 bits per heavy atom. The van der Waals surface area contributed by atoms with E-state index >= 15 is 0 Å². The summed E-state index contributed by atoms with van der Waals surface area (Å²) in [6.07, 6.45) is 3.25. The molecular formula is C27H33ClN4O4S. The molecule has 0 aliphatic carbocycles. The number of anilines is 1. The molecular weight excluding hydrogens is 512 g/mol. The lowest BCUT2D eigenvalue weighted by Gasteiger charge is -2.34. The van der Waals surface area contributed by atoms with Gasteiger partial charge in [0.1, 0.15) is 23.4 Å². The van der Waals surface area contributed by atoms with Gasteiger partial charge in [-0.2, -0.15) is 0 Å². The standard InChI is InChI=1S/C27H33ClN4O4S/c1-16-10-31-25(33)23(26(37)32-21-7-5-6-20(28)17(21)2)24(16)30-11-18-8-9-29-12-22(18)34-13-19-14-36-27(3,4)15-35-19/h5-9,12,16,19,30H,10-11,13-15H2,1-4H3,(H,31,33)(H,32,37). The first kappa shape index (κ1) is 27.3. The lowest BCUT2D eigenvalue weighted by Crippen LogP contribution is -2.44. The van der Waals surface area contributed by atoms with Crippen LogP contribution in [0.1, 0.15) is 31.9 Å². The molecule has 1 aromatic heterocycles. The van der Waals surface area contributed by atoms with Crippen molar-refractivity contribution in [3.63, 3.8) is 0 Å². The van der Waals surface area contributed by atoms with Crippen LogP contribution in [0, 0.1) is 12.8 Å². The van der Waals surface area contributed by atoms with E-state index in [0.29, 0.717) is 54.2 Å². The molecule has 198 valence electrons. The third kappa shape index (κ3) is 6.78. The molecule has 0 bridgehead atoms. The van der Waals surface area contributed by atoms with Crippen LogP contribution in [0.5, 0.6) is 5.75 Å². The SMILES string of the molecule is Cc1c(Cl)cccc1NC(=S)C1=C(NCc2ccncc2OCC2COC(C)(C)CO2)C(C)CNC1=O. The Bertz CT molecular complexity index is 1190. The van der Waals surface area contributed by atoms with E-state index in [0.717, 1.165) is 22.5 Å². The van der Waals surface area contributed by atoms with E-state index < -0.39 is 0 Å². The van der Waals surface area contributed by atoms with E-state index in [9.17, 15) is 4.79 Å². The summed E-state index contributed by atoms with van der Waals surface area (Å²) < 4.78 is 17.8. The minimum Gasteiger partial charge on any atom is -0.489 e. The van der Waals surface area contributed by atoms with Crippen LogP contribution in [0.3, 0.4) is 0 Å². The Labute approximate surface area is 228 Å². The molecule has 0 saturated carbocycles. The Morgan fingerprint density at radius 1 is 1.35 bits per heavy atom. The van der Waals surface area contributed by atoms with Crippen molar-refractivity contribution in [3.8, 4) is 5.75 Å². The van der Waals surface area contributed by atoms with Crippen LogP contribution in [0.2, 0.25) is 5.02 Å². The van der Waals surface area contributed by atoms with Gasteiger partial charge in [0, 0.05) is 47.2 Å². The van der Waals surface area contributed by atoms with Crippen LogP contribution in [-0.4, -0.2) is 54.0 Å². The summed E-state index contributed by atoms with van der Waals surface area (Å²) in [6, 6.07) is 7.43. The Morgan fingerprint density at radius 2 is 2.16 bits per heavy atom. The number of pyridine rings is 1. The van der Waals surface area contributed by atoms with Gasteiger partial charge in [-0.1, -0.05) is 36.8 Å². The van der Waals surface area contributed by atoms with Crippen molar-refractivity contribution in [2.45, 2.75) is 45.9 Å². The smallest absolute Gasteiger partial charge is 0.256 e. The normalized spacial score (nSPS) is 21.3. The van der Waals surface area contributed by atoms with E-state index in [1.165, 1.54) is 0 Å². The largest absolute Gasteiger partial charge is 0.489 e. The van der Waals surface area contributed by atoms with Gasteiger partial charge >= 0.3 is 0 Å². The second kappa shape index (κ2) is 11.8. The quantitative estimate of drug-likeness (QED) is 0.426. The number of aromatic nitrogens is 1. The van der Waals surface area contributed by atoms with E-state index in [1.807, 2.05) is 52.0 Å². The molecule has 10 heteroatoms. The summed E-state index contributed by atoms with van der Waals surface area (Å²) in [4.78, 5) is 17.5. The van der Waals surface area contributed by atoms with Gasteiger partial charge in [-0.25, -0.2) is 0 Å². The third-order valence-corrected chi connectivity index (χ3v) is 7.11. The Balaban J connectivity index is 1.48. The van der Waals surface area contributed by atoms with Gasteiger partial charge in [0.2, 0.25) is 0 Å². The number of halogens is 1. The van der Waals surface area contributed by atoms with Crippen LogP contribution >= 0.6 is 23.8 Å². The fraction of sp³-hybridized carbons (Fsp3) is 0.444. The molecule has 0 spiro atoms. The monoisotopic (exact) mass is 544 g/mol. The number of nitrogens with zero attached hydrogens (tertiary/aromatic N) is 1. The van der Waals surface area contributed by atoms with Crippen molar-refractivity contribution in [2.75, 3.05) is 31.7 Å². The number of amides is 1. The maximum absolute atomic E-state index is 12.9. The zero-order valence-electron chi connectivity index (χ0n) is 21.5. The minimum atomic E-state index is -0.283. The highest BCUT2D eigenvalue weighted by atomic mass is 35.5. The van der Waals surface area contributed by atoms with Crippen molar-refractivity contribution in [2.24, 2.45) is 5.92 Å². The highest BCUT2D eigenvalue weighted by molar-refractivity contribution is 7.81. The van der Waals surface area contributed by atoms with Gasteiger partial charge in [0.15, 0.2) is 0 Å². The molecule has 4 rings (SSSR count). The van der Waals surface area contributed by atoms with Crippen LogP contribution in [0.15, 0.2) is 47.9 Å². The van der Waals surface area contributed by atoms with Gasteiger partial charge in [0.25, 0.3) is 5.91 Å². The first-order chi connectivity index (χ1) is 17.6. The molecule has 0 radical (unpaired) electrons. The number of ether oxygens (including phenoxy) is 3. The molecule has 1 amide bonds. The van der Waals surface area contributed by atoms with E-state index in [2.05, 4.69) is 20.9 Å². The van der Waals surface area contributed by atoms with E-state index in [1.54, 1.807) is 12.4 Å². The van der Waals surface area contributed by atoms with E-state index in [-0.39, 0.29) is 23.5 Å². The van der Waals surface area contributed by atoms with Crippen LogP contribution in [0.25, 0.3) is 0 Å². The van der Waals surface area contributed by atoms with Gasteiger partial charge < -0.3 is 30.2 Å². The fourth-order valence-corrected chi connectivity index (χ4v) is 4.59. The summed E-state index contributed by atoms with van der Waals surface area (Å²) in [7, 11) is 0. The lowest BCUT2D eigenvalue weighted by molar-refractivity contribution is -0.181. The van der Waals surface area contributed by atoms with Crippen molar-refractivity contribution in [3.05, 3.63) is 64.1 Å². The maximum Gasteiger partial charge on any atom is 0.256 e. The first-order valence-corrected chi connectivity index (χ1v) is 13.1. The molecule has 3 heterocycles. The number of benzene rings is 1. The van der Waals surface area contributed by atoms with Gasteiger partial charge in [-0.05, 0) is 44.5 Å². The number of rotatable bonds is 8.